The predicted molar refractivity (Wildman–Crippen MR) is 66.7 cm³/mol. The van der Waals surface area contributed by atoms with Crippen molar-refractivity contribution in [3.63, 3.8) is 0 Å². The summed E-state index contributed by atoms with van der Waals surface area (Å²) in [5.74, 6) is -0.262. The molecule has 0 aromatic carbocycles. The highest BCUT2D eigenvalue weighted by molar-refractivity contribution is 5.96. The maximum absolute atomic E-state index is 11.7. The van der Waals surface area contributed by atoms with Gasteiger partial charge in [-0.2, -0.15) is 0 Å². The summed E-state index contributed by atoms with van der Waals surface area (Å²) in [7, 11) is 0. The molecule has 0 aromatic heterocycles. The molecule has 1 aliphatic carbocycles. The van der Waals surface area contributed by atoms with Crippen LogP contribution in [0.5, 0.6) is 0 Å². The van der Waals surface area contributed by atoms with Crippen LogP contribution in [0.3, 0.4) is 0 Å². The highest BCUT2D eigenvalue weighted by atomic mass is 16.2. The molecule has 3 N–H and O–H groups in total. The smallest absolute Gasteiger partial charge is 0.321 e. The quantitative estimate of drug-likeness (QED) is 0.691. The molecule has 1 saturated carbocycles. The Labute approximate surface area is 103 Å². The molecule has 0 aromatic rings. The molecule has 1 unspecified atom stereocenters. The molecule has 0 heterocycles. The SMILES string of the molecule is CCNC(=O)NC(=O)C(C)NC1CCCCC1. The third-order valence-corrected chi connectivity index (χ3v) is 3.06. The van der Waals surface area contributed by atoms with Crippen LogP contribution in [0.1, 0.15) is 46.0 Å². The van der Waals surface area contributed by atoms with Crippen molar-refractivity contribution in [2.75, 3.05) is 6.54 Å². The predicted octanol–water partition coefficient (Wildman–Crippen LogP) is 1.14. The van der Waals surface area contributed by atoms with Crippen molar-refractivity contribution in [3.05, 3.63) is 0 Å². The molecule has 0 bridgehead atoms. The molecule has 1 rings (SSSR count). The number of urea groups is 1. The van der Waals surface area contributed by atoms with Gasteiger partial charge in [-0.3, -0.25) is 10.1 Å². The number of amides is 3. The molecule has 0 spiro atoms. The first-order valence-electron chi connectivity index (χ1n) is 6.48. The minimum absolute atomic E-state index is 0.262. The van der Waals surface area contributed by atoms with Gasteiger partial charge < -0.3 is 10.6 Å². The van der Waals surface area contributed by atoms with Gasteiger partial charge in [-0.25, -0.2) is 4.79 Å². The van der Waals surface area contributed by atoms with E-state index in [9.17, 15) is 9.59 Å². The van der Waals surface area contributed by atoms with Gasteiger partial charge in [-0.15, -0.1) is 0 Å². The van der Waals surface area contributed by atoms with Gasteiger partial charge in [0, 0.05) is 12.6 Å². The first-order chi connectivity index (χ1) is 8.13. The fourth-order valence-electron chi connectivity index (χ4n) is 2.12. The summed E-state index contributed by atoms with van der Waals surface area (Å²) in [6, 6.07) is -0.325. The monoisotopic (exact) mass is 241 g/mol. The van der Waals surface area contributed by atoms with Gasteiger partial charge in [0.1, 0.15) is 0 Å². The molecule has 3 amide bonds. The van der Waals surface area contributed by atoms with Crippen LogP contribution in [0.25, 0.3) is 0 Å². The lowest BCUT2D eigenvalue weighted by atomic mass is 9.95. The van der Waals surface area contributed by atoms with E-state index < -0.39 is 6.03 Å². The minimum Gasteiger partial charge on any atom is -0.338 e. The van der Waals surface area contributed by atoms with Crippen molar-refractivity contribution in [1.82, 2.24) is 16.0 Å². The van der Waals surface area contributed by atoms with E-state index in [0.717, 1.165) is 12.8 Å². The number of hydrogen-bond acceptors (Lipinski definition) is 3. The molecule has 0 aliphatic heterocycles. The Bertz CT molecular complexity index is 262. The van der Waals surface area contributed by atoms with E-state index in [2.05, 4.69) is 16.0 Å². The normalized spacial score (nSPS) is 18.5. The summed E-state index contributed by atoms with van der Waals surface area (Å²) in [6.45, 7) is 4.13. The van der Waals surface area contributed by atoms with Gasteiger partial charge in [0.15, 0.2) is 0 Å². The maximum atomic E-state index is 11.7. The molecule has 98 valence electrons. The third kappa shape index (κ3) is 5.17. The zero-order chi connectivity index (χ0) is 12.7. The molecule has 0 saturated heterocycles. The Kier molecular flexibility index (Phi) is 5.97. The van der Waals surface area contributed by atoms with Crippen molar-refractivity contribution in [2.45, 2.75) is 58.0 Å². The van der Waals surface area contributed by atoms with Crippen LogP contribution < -0.4 is 16.0 Å². The molecule has 5 nitrogen and oxygen atoms in total. The van der Waals surface area contributed by atoms with Crippen molar-refractivity contribution in [1.29, 1.82) is 0 Å². The zero-order valence-electron chi connectivity index (χ0n) is 10.7. The van der Waals surface area contributed by atoms with E-state index in [-0.39, 0.29) is 11.9 Å². The average molecular weight is 241 g/mol. The van der Waals surface area contributed by atoms with Gasteiger partial charge in [0.25, 0.3) is 0 Å². The molecule has 0 radical (unpaired) electrons. The highest BCUT2D eigenvalue weighted by Crippen LogP contribution is 2.17. The molecule has 1 fully saturated rings. The minimum atomic E-state index is -0.421. The largest absolute Gasteiger partial charge is 0.338 e. The molecular weight excluding hydrogens is 218 g/mol. The topological polar surface area (TPSA) is 70.2 Å². The van der Waals surface area contributed by atoms with Crippen LogP contribution in [0, 0.1) is 0 Å². The summed E-state index contributed by atoms with van der Waals surface area (Å²) in [5, 5.41) is 8.13. The highest BCUT2D eigenvalue weighted by Gasteiger charge is 2.20. The molecule has 1 atom stereocenters. The lowest BCUT2D eigenvalue weighted by molar-refractivity contribution is -0.121. The van der Waals surface area contributed by atoms with Crippen LogP contribution in [0.4, 0.5) is 4.79 Å². The Morgan fingerprint density at radius 3 is 2.47 bits per heavy atom. The van der Waals surface area contributed by atoms with E-state index in [1.54, 1.807) is 6.92 Å². The molecule has 1 aliphatic rings. The lowest BCUT2D eigenvalue weighted by Gasteiger charge is -2.25. The van der Waals surface area contributed by atoms with Crippen LogP contribution in [0.2, 0.25) is 0 Å². The van der Waals surface area contributed by atoms with Crippen molar-refractivity contribution in [2.24, 2.45) is 0 Å². The second-order valence-electron chi connectivity index (χ2n) is 4.57. The Hall–Kier alpha value is -1.10. The van der Waals surface area contributed by atoms with E-state index >= 15 is 0 Å². The van der Waals surface area contributed by atoms with Crippen molar-refractivity contribution < 1.29 is 9.59 Å². The van der Waals surface area contributed by atoms with Crippen LogP contribution in [0.15, 0.2) is 0 Å². The summed E-state index contributed by atoms with van der Waals surface area (Å²) in [5.41, 5.74) is 0. The summed E-state index contributed by atoms with van der Waals surface area (Å²) in [6.07, 6.45) is 5.99. The van der Waals surface area contributed by atoms with Crippen molar-refractivity contribution >= 4 is 11.9 Å². The fraction of sp³-hybridized carbons (Fsp3) is 0.833. The third-order valence-electron chi connectivity index (χ3n) is 3.06. The van der Waals surface area contributed by atoms with Gasteiger partial charge >= 0.3 is 6.03 Å². The molecule has 5 heteroatoms. The number of imide groups is 1. The zero-order valence-corrected chi connectivity index (χ0v) is 10.7. The van der Waals surface area contributed by atoms with Gasteiger partial charge in [-0.05, 0) is 26.7 Å². The molecule has 17 heavy (non-hydrogen) atoms. The van der Waals surface area contributed by atoms with E-state index in [0.29, 0.717) is 12.6 Å². The first-order valence-corrected chi connectivity index (χ1v) is 6.48. The fourth-order valence-corrected chi connectivity index (χ4v) is 2.12. The van der Waals surface area contributed by atoms with Gasteiger partial charge in [0.2, 0.25) is 5.91 Å². The summed E-state index contributed by atoms with van der Waals surface area (Å²) >= 11 is 0. The van der Waals surface area contributed by atoms with Crippen molar-refractivity contribution in [3.8, 4) is 0 Å². The Morgan fingerprint density at radius 2 is 1.88 bits per heavy atom. The summed E-state index contributed by atoms with van der Waals surface area (Å²) in [4.78, 5) is 22.8. The number of nitrogens with one attached hydrogen (secondary N) is 3. The number of hydrogen-bond donors (Lipinski definition) is 3. The number of carbonyl (C=O) groups is 2. The van der Waals surface area contributed by atoms with Gasteiger partial charge in [0.05, 0.1) is 6.04 Å². The van der Waals surface area contributed by atoms with Crippen LogP contribution in [-0.2, 0) is 4.79 Å². The van der Waals surface area contributed by atoms with E-state index in [1.807, 2.05) is 6.92 Å². The number of rotatable bonds is 4. The first kappa shape index (κ1) is 14.0. The van der Waals surface area contributed by atoms with Crippen LogP contribution >= 0.6 is 0 Å². The second kappa shape index (κ2) is 7.27. The van der Waals surface area contributed by atoms with Crippen LogP contribution in [-0.4, -0.2) is 30.6 Å². The van der Waals surface area contributed by atoms with Gasteiger partial charge in [-0.1, -0.05) is 19.3 Å². The Morgan fingerprint density at radius 1 is 1.24 bits per heavy atom. The summed E-state index contributed by atoms with van der Waals surface area (Å²) < 4.78 is 0. The standard InChI is InChI=1S/C12H23N3O2/c1-3-13-12(17)15-11(16)9(2)14-10-7-5-4-6-8-10/h9-10,14H,3-8H2,1-2H3,(H2,13,15,16,17). The second-order valence-corrected chi connectivity index (χ2v) is 4.57. The van der Waals surface area contributed by atoms with E-state index in [4.69, 9.17) is 0 Å². The lowest BCUT2D eigenvalue weighted by Crippen LogP contribution is -2.50. The Balaban J connectivity index is 2.28. The molecular formula is C12H23N3O2. The van der Waals surface area contributed by atoms with E-state index in [1.165, 1.54) is 19.3 Å². The number of carbonyl (C=O) groups excluding carboxylic acids is 2. The average Bonchev–Trinajstić information content (AvgIpc) is 2.30. The maximum Gasteiger partial charge on any atom is 0.321 e.